The first kappa shape index (κ1) is 18.2. The van der Waals surface area contributed by atoms with Crippen LogP contribution in [0.4, 0.5) is 8.78 Å². The van der Waals surface area contributed by atoms with Gasteiger partial charge in [0.1, 0.15) is 0 Å². The van der Waals surface area contributed by atoms with Crippen LogP contribution in [0.2, 0.25) is 5.02 Å². The van der Waals surface area contributed by atoms with Gasteiger partial charge in [-0.15, -0.1) is 10.2 Å². The number of hydrogen-bond acceptors (Lipinski definition) is 4. The molecule has 26 heavy (non-hydrogen) atoms. The predicted octanol–water partition coefficient (Wildman–Crippen LogP) is 4.70. The van der Waals surface area contributed by atoms with Crippen molar-refractivity contribution in [1.82, 2.24) is 15.1 Å². The van der Waals surface area contributed by atoms with Gasteiger partial charge in [0.2, 0.25) is 5.89 Å². The van der Waals surface area contributed by atoms with E-state index in [-0.39, 0.29) is 11.9 Å². The molecule has 1 aliphatic heterocycles. The SMILES string of the molecule is CCC(C#Cc1cccc(Cl)c1)N1C=CC(c2nnc(C(F)F)o2)=CC1. The Hall–Kier alpha value is -2.65. The summed E-state index contributed by atoms with van der Waals surface area (Å²) in [4.78, 5) is 2.06. The lowest BCUT2D eigenvalue weighted by Gasteiger charge is -2.27. The fourth-order valence-corrected chi connectivity index (χ4v) is 2.68. The summed E-state index contributed by atoms with van der Waals surface area (Å²) < 4.78 is 30.1. The molecule has 2 heterocycles. The Balaban J connectivity index is 1.69. The van der Waals surface area contributed by atoms with Crippen LogP contribution in [-0.4, -0.2) is 27.7 Å². The minimum atomic E-state index is -2.77. The summed E-state index contributed by atoms with van der Waals surface area (Å²) in [7, 11) is 0. The molecule has 134 valence electrons. The number of alkyl halides is 2. The molecule has 1 atom stereocenters. The van der Waals surface area contributed by atoms with Crippen molar-refractivity contribution < 1.29 is 13.2 Å². The lowest BCUT2D eigenvalue weighted by Crippen LogP contribution is -2.30. The smallest absolute Gasteiger partial charge is 0.314 e. The Kier molecular flexibility index (Phi) is 5.69. The molecule has 0 spiro atoms. The Morgan fingerprint density at radius 3 is 2.81 bits per heavy atom. The first-order valence-electron chi connectivity index (χ1n) is 8.10. The molecule has 1 aromatic heterocycles. The summed E-state index contributed by atoms with van der Waals surface area (Å²) in [6.07, 6.45) is 3.54. The van der Waals surface area contributed by atoms with Crippen molar-refractivity contribution in [3.05, 3.63) is 65.0 Å². The molecule has 1 aliphatic rings. The first-order chi connectivity index (χ1) is 12.6. The van der Waals surface area contributed by atoms with Crippen LogP contribution in [0, 0.1) is 11.8 Å². The Morgan fingerprint density at radius 2 is 2.19 bits per heavy atom. The zero-order valence-corrected chi connectivity index (χ0v) is 14.8. The second-order valence-electron chi connectivity index (χ2n) is 5.62. The van der Waals surface area contributed by atoms with E-state index in [2.05, 4.69) is 33.9 Å². The summed E-state index contributed by atoms with van der Waals surface area (Å²) in [6, 6.07) is 7.41. The molecule has 0 saturated carbocycles. The summed E-state index contributed by atoms with van der Waals surface area (Å²) in [5, 5.41) is 7.65. The average Bonchev–Trinajstić information content (AvgIpc) is 3.13. The zero-order valence-electron chi connectivity index (χ0n) is 14.0. The van der Waals surface area contributed by atoms with E-state index in [1.54, 1.807) is 12.1 Å². The number of hydrogen-bond donors (Lipinski definition) is 0. The van der Waals surface area contributed by atoms with Gasteiger partial charge >= 0.3 is 6.43 Å². The Bertz CT molecular complexity index is 895. The lowest BCUT2D eigenvalue weighted by atomic mass is 10.1. The van der Waals surface area contributed by atoms with E-state index in [1.165, 1.54) is 0 Å². The highest BCUT2D eigenvalue weighted by Crippen LogP contribution is 2.23. The van der Waals surface area contributed by atoms with Crippen LogP contribution in [-0.2, 0) is 0 Å². The second kappa shape index (κ2) is 8.15. The molecule has 1 unspecified atom stereocenters. The number of nitrogens with zero attached hydrogens (tertiary/aromatic N) is 3. The van der Waals surface area contributed by atoms with Gasteiger partial charge in [-0.2, -0.15) is 8.78 Å². The number of halogens is 3. The number of allylic oxidation sites excluding steroid dienone is 2. The van der Waals surface area contributed by atoms with Crippen molar-refractivity contribution in [3.63, 3.8) is 0 Å². The first-order valence-corrected chi connectivity index (χ1v) is 8.47. The number of benzene rings is 1. The van der Waals surface area contributed by atoms with E-state index in [4.69, 9.17) is 16.0 Å². The summed E-state index contributed by atoms with van der Waals surface area (Å²) in [5.41, 5.74) is 1.48. The second-order valence-corrected chi connectivity index (χ2v) is 6.06. The third kappa shape index (κ3) is 4.30. The highest BCUT2D eigenvalue weighted by atomic mass is 35.5. The van der Waals surface area contributed by atoms with Crippen LogP contribution in [0.5, 0.6) is 0 Å². The molecule has 0 amide bonds. The Labute approximate surface area is 155 Å². The van der Waals surface area contributed by atoms with Gasteiger partial charge in [0, 0.05) is 28.9 Å². The molecule has 0 N–H and O–H groups in total. The van der Waals surface area contributed by atoms with Gasteiger partial charge in [0.25, 0.3) is 5.89 Å². The Morgan fingerprint density at radius 1 is 1.35 bits per heavy atom. The zero-order chi connectivity index (χ0) is 18.5. The molecule has 0 bridgehead atoms. The molecule has 3 rings (SSSR count). The molecule has 0 aliphatic carbocycles. The van der Waals surface area contributed by atoms with Gasteiger partial charge in [-0.1, -0.05) is 42.5 Å². The largest absolute Gasteiger partial charge is 0.415 e. The quantitative estimate of drug-likeness (QED) is 0.726. The minimum absolute atomic E-state index is 0.0161. The summed E-state index contributed by atoms with van der Waals surface area (Å²) in [5.74, 6) is 5.80. The summed E-state index contributed by atoms with van der Waals surface area (Å²) >= 11 is 5.97. The van der Waals surface area contributed by atoms with E-state index in [0.29, 0.717) is 17.1 Å². The van der Waals surface area contributed by atoms with Crippen molar-refractivity contribution in [1.29, 1.82) is 0 Å². The van der Waals surface area contributed by atoms with E-state index < -0.39 is 12.3 Å². The monoisotopic (exact) mass is 375 g/mol. The van der Waals surface area contributed by atoms with E-state index >= 15 is 0 Å². The molecular weight excluding hydrogens is 360 g/mol. The van der Waals surface area contributed by atoms with Crippen molar-refractivity contribution >= 4 is 17.2 Å². The van der Waals surface area contributed by atoms with Gasteiger partial charge in [0.15, 0.2) is 0 Å². The minimum Gasteiger partial charge on any atom is -0.415 e. The molecular formula is C19H16ClF2N3O. The van der Waals surface area contributed by atoms with Gasteiger partial charge in [-0.3, -0.25) is 0 Å². The molecule has 0 radical (unpaired) electrons. The van der Waals surface area contributed by atoms with Gasteiger partial charge in [0.05, 0.1) is 6.04 Å². The van der Waals surface area contributed by atoms with Crippen LogP contribution in [0.25, 0.3) is 5.57 Å². The van der Waals surface area contributed by atoms with Crippen LogP contribution in [0.15, 0.2) is 47.0 Å². The fourth-order valence-electron chi connectivity index (χ4n) is 2.49. The lowest BCUT2D eigenvalue weighted by molar-refractivity contribution is 0.114. The van der Waals surface area contributed by atoms with Crippen LogP contribution in [0.3, 0.4) is 0 Å². The van der Waals surface area contributed by atoms with Crippen LogP contribution in [0.1, 0.15) is 37.1 Å². The maximum atomic E-state index is 12.5. The van der Waals surface area contributed by atoms with Crippen LogP contribution >= 0.6 is 11.6 Å². The van der Waals surface area contributed by atoms with Crippen molar-refractivity contribution in [2.45, 2.75) is 25.8 Å². The highest BCUT2D eigenvalue weighted by Gasteiger charge is 2.19. The maximum Gasteiger partial charge on any atom is 0.314 e. The number of aromatic nitrogens is 2. The molecule has 4 nitrogen and oxygen atoms in total. The predicted molar refractivity (Wildman–Crippen MR) is 95.5 cm³/mol. The van der Waals surface area contributed by atoms with Gasteiger partial charge in [-0.25, -0.2) is 0 Å². The molecule has 7 heteroatoms. The third-order valence-corrected chi connectivity index (χ3v) is 4.07. The standard InChI is InChI=1S/C19H16ClF2N3O/c1-2-16(7-6-13-4-3-5-15(20)12-13)25-10-8-14(9-11-25)18-23-24-19(26-18)17(21)22/h3-5,8-10,12,16-17H,2,11H2,1H3. The summed E-state index contributed by atoms with van der Waals surface area (Å²) in [6.45, 7) is 2.62. The van der Waals surface area contributed by atoms with E-state index in [1.807, 2.05) is 30.5 Å². The van der Waals surface area contributed by atoms with Crippen LogP contribution < -0.4 is 0 Å². The fraction of sp³-hybridized carbons (Fsp3) is 0.263. The van der Waals surface area contributed by atoms with Gasteiger partial charge in [-0.05, 0) is 30.7 Å². The van der Waals surface area contributed by atoms with E-state index in [9.17, 15) is 8.78 Å². The normalized spacial score (nSPS) is 14.8. The van der Waals surface area contributed by atoms with Crippen molar-refractivity contribution in [2.75, 3.05) is 6.54 Å². The molecule has 0 saturated heterocycles. The topological polar surface area (TPSA) is 42.2 Å². The third-order valence-electron chi connectivity index (χ3n) is 3.84. The molecule has 0 fully saturated rings. The number of rotatable bonds is 4. The van der Waals surface area contributed by atoms with E-state index in [0.717, 1.165) is 12.0 Å². The molecule has 1 aromatic carbocycles. The molecule has 2 aromatic rings. The van der Waals surface area contributed by atoms with Gasteiger partial charge < -0.3 is 9.32 Å². The van der Waals surface area contributed by atoms with Crippen molar-refractivity contribution in [3.8, 4) is 11.8 Å². The highest BCUT2D eigenvalue weighted by molar-refractivity contribution is 6.30. The average molecular weight is 376 g/mol. The van der Waals surface area contributed by atoms with Crippen molar-refractivity contribution in [2.24, 2.45) is 0 Å². The maximum absolute atomic E-state index is 12.5.